The van der Waals surface area contributed by atoms with Gasteiger partial charge in [0.1, 0.15) is 5.69 Å². The van der Waals surface area contributed by atoms with Gasteiger partial charge in [-0.05, 0) is 12.1 Å². The van der Waals surface area contributed by atoms with Crippen LogP contribution in [0.3, 0.4) is 0 Å². The second kappa shape index (κ2) is 4.52. The van der Waals surface area contributed by atoms with Crippen LogP contribution in [0.2, 0.25) is 0 Å². The van der Waals surface area contributed by atoms with Crippen molar-refractivity contribution in [2.24, 2.45) is 0 Å². The fourth-order valence-corrected chi connectivity index (χ4v) is 2.77. The molecule has 19 heavy (non-hydrogen) atoms. The third-order valence-electron chi connectivity index (χ3n) is 2.77. The highest BCUT2D eigenvalue weighted by Gasteiger charge is 2.14. The van der Waals surface area contributed by atoms with Crippen molar-refractivity contribution in [3.63, 3.8) is 0 Å². The number of hydrogen-bond acceptors (Lipinski definition) is 5. The molecule has 0 saturated carbocycles. The van der Waals surface area contributed by atoms with Crippen molar-refractivity contribution in [1.29, 1.82) is 0 Å². The summed E-state index contributed by atoms with van der Waals surface area (Å²) in [4.78, 5) is 16.5. The Morgan fingerprint density at radius 1 is 1.47 bits per heavy atom. The van der Waals surface area contributed by atoms with Crippen LogP contribution in [-0.4, -0.2) is 21.9 Å². The van der Waals surface area contributed by atoms with E-state index in [9.17, 15) is 4.79 Å². The van der Waals surface area contributed by atoms with Crippen LogP contribution < -0.4 is 11.3 Å². The maximum Gasteiger partial charge on any atom is 0.296 e. The third kappa shape index (κ3) is 1.92. The van der Waals surface area contributed by atoms with Gasteiger partial charge in [0.05, 0.1) is 22.5 Å². The molecule has 0 fully saturated rings. The molecule has 3 rings (SSSR count). The predicted octanol–water partition coefficient (Wildman–Crippen LogP) is 1.50. The lowest BCUT2D eigenvalue weighted by Crippen LogP contribution is -2.16. The summed E-state index contributed by atoms with van der Waals surface area (Å²) in [7, 11) is 1.55. The molecule has 0 aliphatic heterocycles. The van der Waals surface area contributed by atoms with Gasteiger partial charge in [0.2, 0.25) is 5.13 Å². The van der Waals surface area contributed by atoms with Crippen molar-refractivity contribution in [2.45, 2.75) is 6.61 Å². The van der Waals surface area contributed by atoms with E-state index in [2.05, 4.69) is 10.1 Å². The first-order valence-electron chi connectivity index (χ1n) is 5.65. The van der Waals surface area contributed by atoms with E-state index in [1.807, 2.05) is 24.3 Å². The van der Waals surface area contributed by atoms with Gasteiger partial charge in [0.15, 0.2) is 0 Å². The summed E-state index contributed by atoms with van der Waals surface area (Å²) in [5, 5.41) is 3.50. The number of nitrogens with one attached hydrogen (secondary N) is 1. The highest BCUT2D eigenvalue weighted by atomic mass is 32.1. The second-order valence-corrected chi connectivity index (χ2v) is 5.05. The van der Waals surface area contributed by atoms with Gasteiger partial charge < -0.3 is 10.5 Å². The SMILES string of the molecule is COCc1[nH]n(-c2nc3ccccc3s2)c(=O)c1N. The number of H-pyrrole nitrogens is 1. The molecule has 2 heterocycles. The molecule has 0 bridgehead atoms. The van der Waals surface area contributed by atoms with E-state index in [1.54, 1.807) is 7.11 Å². The molecule has 0 amide bonds. The number of para-hydroxylation sites is 1. The number of hydrogen-bond donors (Lipinski definition) is 2. The van der Waals surface area contributed by atoms with E-state index in [-0.39, 0.29) is 17.9 Å². The Morgan fingerprint density at radius 2 is 2.26 bits per heavy atom. The lowest BCUT2D eigenvalue weighted by atomic mass is 10.3. The lowest BCUT2D eigenvalue weighted by molar-refractivity contribution is 0.181. The maximum absolute atomic E-state index is 12.1. The van der Waals surface area contributed by atoms with Crippen LogP contribution in [-0.2, 0) is 11.3 Å². The zero-order valence-electron chi connectivity index (χ0n) is 10.2. The van der Waals surface area contributed by atoms with Crippen molar-refractivity contribution < 1.29 is 4.74 Å². The number of rotatable bonds is 3. The standard InChI is InChI=1S/C12H12N4O2S/c1-18-6-8-10(13)11(17)16(15-8)12-14-7-4-2-3-5-9(7)19-12/h2-5,15H,6,13H2,1H3. The molecular weight excluding hydrogens is 264 g/mol. The molecule has 0 saturated heterocycles. The van der Waals surface area contributed by atoms with E-state index in [1.165, 1.54) is 16.0 Å². The van der Waals surface area contributed by atoms with Gasteiger partial charge >= 0.3 is 0 Å². The van der Waals surface area contributed by atoms with Crippen molar-refractivity contribution in [2.75, 3.05) is 12.8 Å². The first-order valence-corrected chi connectivity index (χ1v) is 6.46. The summed E-state index contributed by atoms with van der Waals surface area (Å²) in [6, 6.07) is 7.72. The fraction of sp³-hybridized carbons (Fsp3) is 0.167. The number of thiazole rings is 1. The monoisotopic (exact) mass is 276 g/mol. The van der Waals surface area contributed by atoms with Gasteiger partial charge in [-0.2, -0.15) is 4.68 Å². The molecule has 6 nitrogen and oxygen atoms in total. The topological polar surface area (TPSA) is 85.9 Å². The van der Waals surface area contributed by atoms with Crippen LogP contribution in [0.25, 0.3) is 15.3 Å². The Morgan fingerprint density at radius 3 is 3.00 bits per heavy atom. The van der Waals surface area contributed by atoms with E-state index in [0.717, 1.165) is 10.2 Å². The van der Waals surface area contributed by atoms with Crippen molar-refractivity contribution >= 4 is 27.2 Å². The van der Waals surface area contributed by atoms with Crippen LogP contribution in [0.5, 0.6) is 0 Å². The molecule has 3 aromatic rings. The number of methoxy groups -OCH3 is 1. The average Bonchev–Trinajstić information content (AvgIpc) is 2.95. The van der Waals surface area contributed by atoms with Crippen molar-refractivity contribution in [3.8, 4) is 5.13 Å². The Labute approximate surface area is 112 Å². The summed E-state index contributed by atoms with van der Waals surface area (Å²) in [6.45, 7) is 0.263. The number of ether oxygens (including phenoxy) is 1. The first kappa shape index (κ1) is 11.9. The van der Waals surface area contributed by atoms with E-state index >= 15 is 0 Å². The fourth-order valence-electron chi connectivity index (χ4n) is 1.84. The zero-order chi connectivity index (χ0) is 13.4. The summed E-state index contributed by atoms with van der Waals surface area (Å²) < 4.78 is 7.37. The van der Waals surface area contributed by atoms with Gasteiger partial charge in [-0.1, -0.05) is 23.5 Å². The second-order valence-electron chi connectivity index (χ2n) is 4.04. The van der Waals surface area contributed by atoms with Gasteiger partial charge in [-0.15, -0.1) is 0 Å². The molecule has 7 heteroatoms. The van der Waals surface area contributed by atoms with E-state index in [4.69, 9.17) is 10.5 Å². The lowest BCUT2D eigenvalue weighted by Gasteiger charge is -1.96. The minimum atomic E-state index is -0.300. The van der Waals surface area contributed by atoms with Gasteiger partial charge in [-0.3, -0.25) is 9.89 Å². The number of nitrogens with two attached hydrogens (primary N) is 1. The maximum atomic E-state index is 12.1. The molecule has 0 atom stereocenters. The average molecular weight is 276 g/mol. The van der Waals surface area contributed by atoms with Crippen LogP contribution in [0.15, 0.2) is 29.1 Å². The normalized spacial score (nSPS) is 11.2. The molecule has 0 spiro atoms. The highest BCUT2D eigenvalue weighted by molar-refractivity contribution is 7.20. The molecule has 0 aliphatic rings. The van der Waals surface area contributed by atoms with E-state index in [0.29, 0.717) is 10.8 Å². The van der Waals surface area contributed by atoms with Crippen LogP contribution in [0.1, 0.15) is 5.69 Å². The number of aromatic nitrogens is 3. The minimum Gasteiger partial charge on any atom is -0.393 e. The number of nitrogen functional groups attached to an aromatic ring is 1. The Balaban J connectivity index is 2.16. The predicted molar refractivity (Wildman–Crippen MR) is 74.7 cm³/mol. The number of anilines is 1. The summed E-state index contributed by atoms with van der Waals surface area (Å²) >= 11 is 1.43. The number of nitrogens with zero attached hydrogens (tertiary/aromatic N) is 2. The summed E-state index contributed by atoms with van der Waals surface area (Å²) in [6.07, 6.45) is 0. The summed E-state index contributed by atoms with van der Waals surface area (Å²) in [5.74, 6) is 0. The molecule has 98 valence electrons. The van der Waals surface area contributed by atoms with Gasteiger partial charge in [-0.25, -0.2) is 4.98 Å². The number of benzene rings is 1. The number of aromatic amines is 1. The molecule has 0 unspecified atom stereocenters. The van der Waals surface area contributed by atoms with Crippen LogP contribution in [0, 0.1) is 0 Å². The largest absolute Gasteiger partial charge is 0.393 e. The van der Waals surface area contributed by atoms with Crippen LogP contribution in [0.4, 0.5) is 5.69 Å². The van der Waals surface area contributed by atoms with Gasteiger partial charge in [0.25, 0.3) is 5.56 Å². The molecular formula is C12H12N4O2S. The first-order chi connectivity index (χ1) is 9.20. The smallest absolute Gasteiger partial charge is 0.296 e. The Kier molecular flexibility index (Phi) is 2.84. The zero-order valence-corrected chi connectivity index (χ0v) is 11.0. The third-order valence-corrected chi connectivity index (χ3v) is 3.79. The Bertz CT molecular complexity index is 753. The van der Waals surface area contributed by atoms with Crippen molar-refractivity contribution in [3.05, 3.63) is 40.3 Å². The molecule has 1 aromatic carbocycles. The molecule has 3 N–H and O–H groups in total. The molecule has 2 aromatic heterocycles. The Hall–Kier alpha value is -2.12. The van der Waals surface area contributed by atoms with Gasteiger partial charge in [0, 0.05) is 7.11 Å². The minimum absolute atomic E-state index is 0.168. The van der Waals surface area contributed by atoms with Crippen molar-refractivity contribution in [1.82, 2.24) is 14.8 Å². The highest BCUT2D eigenvalue weighted by Crippen LogP contribution is 2.23. The van der Waals surface area contributed by atoms with E-state index < -0.39 is 0 Å². The van der Waals surface area contributed by atoms with Crippen LogP contribution >= 0.6 is 11.3 Å². The molecule has 0 aliphatic carbocycles. The number of fused-ring (bicyclic) bond motifs is 1. The molecule has 0 radical (unpaired) electrons. The quantitative estimate of drug-likeness (QED) is 0.759. The summed E-state index contributed by atoms with van der Waals surface area (Å²) in [5.41, 5.74) is 7.04.